The fourth-order valence-electron chi connectivity index (χ4n) is 3.04. The molecule has 0 heterocycles. The standard InChI is InChI=1S/C24H25N3O4/c1-30-19-13-14-21(31-2)20(15-19)27-22(28)16-25-23(17-9-5-3-6-10-17)24(29)26-18-11-7-4-8-12-18/h3-15,23,25H,16H2,1-2H3,(H,26,29)(H,27,28). The van der Waals surface area contributed by atoms with Gasteiger partial charge < -0.3 is 20.1 Å². The van der Waals surface area contributed by atoms with E-state index in [2.05, 4.69) is 16.0 Å². The van der Waals surface area contributed by atoms with Crippen LogP contribution in [0.15, 0.2) is 78.9 Å². The molecule has 2 amide bonds. The third-order valence-electron chi connectivity index (χ3n) is 4.58. The average Bonchev–Trinajstić information content (AvgIpc) is 2.80. The lowest BCUT2D eigenvalue weighted by molar-refractivity contribution is -0.119. The van der Waals surface area contributed by atoms with Crippen molar-refractivity contribution in [2.45, 2.75) is 6.04 Å². The molecule has 0 aliphatic rings. The second kappa shape index (κ2) is 10.8. The number of hydrogen-bond acceptors (Lipinski definition) is 5. The first-order valence-corrected chi connectivity index (χ1v) is 9.77. The van der Waals surface area contributed by atoms with Crippen LogP contribution in [0.3, 0.4) is 0 Å². The number of anilines is 2. The minimum atomic E-state index is -0.709. The number of carbonyl (C=O) groups is 2. The molecular formula is C24H25N3O4. The van der Waals surface area contributed by atoms with E-state index in [0.717, 1.165) is 5.56 Å². The molecule has 0 aliphatic heterocycles. The number of carbonyl (C=O) groups excluding carboxylic acids is 2. The van der Waals surface area contributed by atoms with E-state index in [-0.39, 0.29) is 18.4 Å². The van der Waals surface area contributed by atoms with E-state index in [9.17, 15) is 9.59 Å². The number of amides is 2. The third-order valence-corrected chi connectivity index (χ3v) is 4.58. The summed E-state index contributed by atoms with van der Waals surface area (Å²) in [6.45, 7) is -0.0812. The number of ether oxygens (including phenoxy) is 2. The molecule has 0 aliphatic carbocycles. The maximum absolute atomic E-state index is 12.9. The van der Waals surface area contributed by atoms with Gasteiger partial charge in [0.15, 0.2) is 0 Å². The van der Waals surface area contributed by atoms with Crippen LogP contribution in [0.25, 0.3) is 0 Å². The first kappa shape index (κ1) is 21.9. The van der Waals surface area contributed by atoms with Gasteiger partial charge in [0.25, 0.3) is 0 Å². The average molecular weight is 419 g/mol. The number of rotatable bonds is 9. The molecular weight excluding hydrogens is 394 g/mol. The molecule has 31 heavy (non-hydrogen) atoms. The molecule has 0 bridgehead atoms. The van der Waals surface area contributed by atoms with Crippen LogP contribution < -0.4 is 25.4 Å². The number of para-hydroxylation sites is 1. The summed E-state index contributed by atoms with van der Waals surface area (Å²) in [6, 6.07) is 22.8. The fourth-order valence-corrected chi connectivity index (χ4v) is 3.04. The minimum absolute atomic E-state index is 0.0812. The molecule has 3 rings (SSSR count). The van der Waals surface area contributed by atoms with Crippen molar-refractivity contribution in [2.75, 3.05) is 31.4 Å². The molecule has 3 aromatic carbocycles. The van der Waals surface area contributed by atoms with Crippen LogP contribution in [0, 0.1) is 0 Å². The van der Waals surface area contributed by atoms with Gasteiger partial charge in [0.05, 0.1) is 26.5 Å². The Morgan fingerprint density at radius 1 is 0.839 bits per heavy atom. The molecule has 0 aromatic heterocycles. The molecule has 0 fully saturated rings. The number of nitrogens with one attached hydrogen (secondary N) is 3. The van der Waals surface area contributed by atoms with E-state index in [1.807, 2.05) is 60.7 Å². The van der Waals surface area contributed by atoms with E-state index in [1.165, 1.54) is 7.11 Å². The second-order valence-electron chi connectivity index (χ2n) is 6.69. The van der Waals surface area contributed by atoms with Gasteiger partial charge >= 0.3 is 0 Å². The van der Waals surface area contributed by atoms with E-state index >= 15 is 0 Å². The first-order valence-electron chi connectivity index (χ1n) is 9.77. The molecule has 1 atom stereocenters. The molecule has 160 valence electrons. The van der Waals surface area contributed by atoms with Crippen LogP contribution in [0.4, 0.5) is 11.4 Å². The van der Waals surface area contributed by atoms with Gasteiger partial charge in [-0.2, -0.15) is 0 Å². The topological polar surface area (TPSA) is 88.7 Å². The lowest BCUT2D eigenvalue weighted by atomic mass is 10.1. The SMILES string of the molecule is COc1ccc(OC)c(NC(=O)CNC(C(=O)Nc2ccccc2)c2ccccc2)c1. The zero-order valence-corrected chi connectivity index (χ0v) is 17.4. The van der Waals surface area contributed by atoms with Crippen molar-refractivity contribution >= 4 is 23.2 Å². The highest BCUT2D eigenvalue weighted by molar-refractivity contribution is 5.97. The fraction of sp³-hybridized carbons (Fsp3) is 0.167. The van der Waals surface area contributed by atoms with E-state index in [1.54, 1.807) is 25.3 Å². The van der Waals surface area contributed by atoms with Crippen molar-refractivity contribution in [3.63, 3.8) is 0 Å². The quantitative estimate of drug-likeness (QED) is 0.493. The van der Waals surface area contributed by atoms with Gasteiger partial charge in [-0.05, 0) is 29.8 Å². The monoisotopic (exact) mass is 419 g/mol. The maximum Gasteiger partial charge on any atom is 0.246 e. The summed E-state index contributed by atoms with van der Waals surface area (Å²) in [5, 5.41) is 8.72. The predicted molar refractivity (Wildman–Crippen MR) is 120 cm³/mol. The Bertz CT molecular complexity index is 1010. The Kier molecular flexibility index (Phi) is 7.61. The van der Waals surface area contributed by atoms with Gasteiger partial charge in [-0.15, -0.1) is 0 Å². The molecule has 3 N–H and O–H groups in total. The molecule has 0 radical (unpaired) electrons. The Morgan fingerprint density at radius 3 is 2.16 bits per heavy atom. The van der Waals surface area contributed by atoms with Crippen LogP contribution in [0.1, 0.15) is 11.6 Å². The van der Waals surface area contributed by atoms with Gasteiger partial charge in [-0.3, -0.25) is 14.9 Å². The minimum Gasteiger partial charge on any atom is -0.497 e. The molecule has 7 heteroatoms. The highest BCUT2D eigenvalue weighted by Crippen LogP contribution is 2.28. The Labute approximate surface area is 181 Å². The van der Waals surface area contributed by atoms with Crippen molar-refractivity contribution in [2.24, 2.45) is 0 Å². The van der Waals surface area contributed by atoms with Gasteiger partial charge in [-0.25, -0.2) is 0 Å². The maximum atomic E-state index is 12.9. The first-order chi connectivity index (χ1) is 15.1. The normalized spacial score (nSPS) is 11.3. The van der Waals surface area contributed by atoms with Crippen molar-refractivity contribution < 1.29 is 19.1 Å². The summed E-state index contributed by atoms with van der Waals surface area (Å²) in [5.41, 5.74) is 1.92. The lowest BCUT2D eigenvalue weighted by Gasteiger charge is -2.19. The summed E-state index contributed by atoms with van der Waals surface area (Å²) in [7, 11) is 3.07. The van der Waals surface area contributed by atoms with Crippen molar-refractivity contribution in [1.29, 1.82) is 0 Å². The Morgan fingerprint density at radius 2 is 1.52 bits per heavy atom. The predicted octanol–water partition coefficient (Wildman–Crippen LogP) is 3.61. The van der Waals surface area contributed by atoms with E-state index < -0.39 is 6.04 Å². The zero-order chi connectivity index (χ0) is 22.1. The van der Waals surface area contributed by atoms with Gasteiger partial charge in [0, 0.05) is 11.8 Å². The van der Waals surface area contributed by atoms with Crippen molar-refractivity contribution in [3.05, 3.63) is 84.4 Å². The number of methoxy groups -OCH3 is 2. The molecule has 0 saturated carbocycles. The van der Waals surface area contributed by atoms with Gasteiger partial charge in [0.2, 0.25) is 11.8 Å². The highest BCUT2D eigenvalue weighted by atomic mass is 16.5. The van der Waals surface area contributed by atoms with E-state index in [0.29, 0.717) is 22.9 Å². The van der Waals surface area contributed by atoms with Crippen LogP contribution in [-0.2, 0) is 9.59 Å². The molecule has 7 nitrogen and oxygen atoms in total. The van der Waals surface area contributed by atoms with E-state index in [4.69, 9.17) is 9.47 Å². The largest absolute Gasteiger partial charge is 0.497 e. The van der Waals surface area contributed by atoms with Crippen LogP contribution >= 0.6 is 0 Å². The second-order valence-corrected chi connectivity index (χ2v) is 6.69. The molecule has 0 saturated heterocycles. The summed E-state index contributed by atoms with van der Waals surface area (Å²) < 4.78 is 10.5. The van der Waals surface area contributed by atoms with Crippen molar-refractivity contribution in [3.8, 4) is 11.5 Å². The lowest BCUT2D eigenvalue weighted by Crippen LogP contribution is -2.37. The number of hydrogen-bond donors (Lipinski definition) is 3. The summed E-state index contributed by atoms with van der Waals surface area (Å²) in [6.07, 6.45) is 0. The van der Waals surface area contributed by atoms with Gasteiger partial charge in [-0.1, -0.05) is 48.5 Å². The van der Waals surface area contributed by atoms with Crippen LogP contribution in [0.5, 0.6) is 11.5 Å². The summed E-state index contributed by atoms with van der Waals surface area (Å²) in [5.74, 6) is 0.521. The molecule has 0 spiro atoms. The Balaban J connectivity index is 1.70. The van der Waals surface area contributed by atoms with Crippen LogP contribution in [0.2, 0.25) is 0 Å². The zero-order valence-electron chi connectivity index (χ0n) is 17.4. The van der Waals surface area contributed by atoms with Crippen molar-refractivity contribution in [1.82, 2.24) is 5.32 Å². The Hall–Kier alpha value is -3.84. The molecule has 1 unspecified atom stereocenters. The molecule has 3 aromatic rings. The summed E-state index contributed by atoms with van der Waals surface area (Å²) in [4.78, 5) is 25.5. The highest BCUT2D eigenvalue weighted by Gasteiger charge is 2.21. The van der Waals surface area contributed by atoms with Crippen LogP contribution in [-0.4, -0.2) is 32.6 Å². The summed E-state index contributed by atoms with van der Waals surface area (Å²) >= 11 is 0. The number of benzene rings is 3. The third kappa shape index (κ3) is 6.07. The van der Waals surface area contributed by atoms with Gasteiger partial charge in [0.1, 0.15) is 17.5 Å². The smallest absolute Gasteiger partial charge is 0.246 e.